The van der Waals surface area contributed by atoms with Gasteiger partial charge in [-0.25, -0.2) is 9.98 Å². The van der Waals surface area contributed by atoms with Crippen molar-refractivity contribution in [1.82, 2.24) is 4.98 Å². The molecule has 0 saturated carbocycles. The molecule has 4 nitrogen and oxygen atoms in total. The first-order valence-electron chi connectivity index (χ1n) is 4.21. The number of aliphatic imine (C=N–C) groups is 1. The van der Waals surface area contributed by atoms with Gasteiger partial charge in [-0.05, 0) is 12.1 Å². The topological polar surface area (TPSA) is 65.7 Å². The van der Waals surface area contributed by atoms with Crippen LogP contribution < -0.4 is 0 Å². The lowest BCUT2D eigenvalue weighted by Gasteiger charge is -1.97. The second-order valence-electron chi connectivity index (χ2n) is 2.82. The first-order chi connectivity index (χ1) is 7.25. The number of phenols is 2. The first-order valence-corrected chi connectivity index (χ1v) is 5.09. The molecule has 0 fully saturated rings. The number of hydrogen-bond acceptors (Lipinski definition) is 5. The molecule has 0 aliphatic heterocycles. The molecule has 0 amide bonds. The van der Waals surface area contributed by atoms with E-state index < -0.39 is 0 Å². The molecule has 2 rings (SSSR count). The van der Waals surface area contributed by atoms with Crippen LogP contribution in [0.5, 0.6) is 11.5 Å². The number of aromatic nitrogens is 1. The van der Waals surface area contributed by atoms with E-state index in [0.29, 0.717) is 10.7 Å². The van der Waals surface area contributed by atoms with Crippen molar-refractivity contribution in [3.05, 3.63) is 35.3 Å². The largest absolute Gasteiger partial charge is 0.508 e. The van der Waals surface area contributed by atoms with Crippen molar-refractivity contribution in [2.75, 3.05) is 0 Å². The summed E-state index contributed by atoms with van der Waals surface area (Å²) in [7, 11) is 0. The lowest BCUT2D eigenvalue weighted by atomic mass is 10.2. The molecular formula is C10H8N2O2S. The molecule has 0 saturated heterocycles. The van der Waals surface area contributed by atoms with Crippen molar-refractivity contribution in [3.63, 3.8) is 0 Å². The summed E-state index contributed by atoms with van der Waals surface area (Å²) < 4.78 is 0. The Morgan fingerprint density at radius 1 is 1.33 bits per heavy atom. The molecule has 0 aliphatic carbocycles. The second kappa shape index (κ2) is 4.10. The van der Waals surface area contributed by atoms with Gasteiger partial charge in [-0.15, -0.1) is 11.3 Å². The number of thiazole rings is 1. The Kier molecular flexibility index (Phi) is 2.64. The van der Waals surface area contributed by atoms with E-state index in [9.17, 15) is 5.11 Å². The predicted octanol–water partition coefficient (Wildman–Crippen LogP) is 2.30. The fraction of sp³-hybridized carbons (Fsp3) is 0. The van der Waals surface area contributed by atoms with Gasteiger partial charge in [0, 0.05) is 29.4 Å². The summed E-state index contributed by atoms with van der Waals surface area (Å²) in [5.74, 6) is 0.0224. The van der Waals surface area contributed by atoms with Crippen LogP contribution in [0.1, 0.15) is 5.56 Å². The zero-order chi connectivity index (χ0) is 10.7. The van der Waals surface area contributed by atoms with Crippen molar-refractivity contribution in [2.24, 2.45) is 4.99 Å². The third kappa shape index (κ3) is 2.32. The van der Waals surface area contributed by atoms with Gasteiger partial charge in [-0.2, -0.15) is 0 Å². The molecule has 1 heterocycles. The van der Waals surface area contributed by atoms with Crippen molar-refractivity contribution in [3.8, 4) is 11.5 Å². The van der Waals surface area contributed by atoms with Crippen molar-refractivity contribution in [1.29, 1.82) is 0 Å². The normalized spacial score (nSPS) is 10.9. The summed E-state index contributed by atoms with van der Waals surface area (Å²) in [5.41, 5.74) is 0.544. The Morgan fingerprint density at radius 2 is 2.20 bits per heavy atom. The highest BCUT2D eigenvalue weighted by Crippen LogP contribution is 2.22. The number of nitrogens with zero attached hydrogens (tertiary/aromatic N) is 2. The van der Waals surface area contributed by atoms with Gasteiger partial charge in [0.25, 0.3) is 0 Å². The molecule has 2 N–H and O–H groups in total. The Labute approximate surface area is 90.2 Å². The number of phenolic OH excluding ortho intramolecular Hbond substituents is 2. The minimum atomic E-state index is -0.00435. The number of rotatable bonds is 2. The third-order valence-electron chi connectivity index (χ3n) is 1.75. The average Bonchev–Trinajstić information content (AvgIpc) is 2.69. The number of benzene rings is 1. The van der Waals surface area contributed by atoms with Gasteiger partial charge in [0.2, 0.25) is 5.13 Å². The molecule has 2 aromatic rings. The highest BCUT2D eigenvalue weighted by molar-refractivity contribution is 7.13. The van der Waals surface area contributed by atoms with E-state index in [2.05, 4.69) is 9.98 Å². The molecular weight excluding hydrogens is 212 g/mol. The van der Waals surface area contributed by atoms with Crippen LogP contribution in [0.3, 0.4) is 0 Å². The lowest BCUT2D eigenvalue weighted by molar-refractivity contribution is 0.450. The second-order valence-corrected chi connectivity index (χ2v) is 3.69. The lowest BCUT2D eigenvalue weighted by Crippen LogP contribution is -1.81. The zero-order valence-corrected chi connectivity index (χ0v) is 8.48. The van der Waals surface area contributed by atoms with Crippen LogP contribution in [-0.2, 0) is 0 Å². The van der Waals surface area contributed by atoms with Gasteiger partial charge in [0.1, 0.15) is 11.5 Å². The Bertz CT molecular complexity index is 480. The molecule has 0 radical (unpaired) electrons. The molecule has 0 spiro atoms. The number of hydrogen-bond donors (Lipinski definition) is 2. The van der Waals surface area contributed by atoms with Crippen molar-refractivity contribution >= 4 is 22.7 Å². The van der Waals surface area contributed by atoms with Gasteiger partial charge in [0.15, 0.2) is 0 Å². The fourth-order valence-electron chi connectivity index (χ4n) is 1.05. The Morgan fingerprint density at radius 3 is 2.87 bits per heavy atom. The highest BCUT2D eigenvalue weighted by Gasteiger charge is 1.99. The summed E-state index contributed by atoms with van der Waals surface area (Å²) in [6.45, 7) is 0. The summed E-state index contributed by atoms with van der Waals surface area (Å²) in [4.78, 5) is 8.04. The molecule has 0 aliphatic rings. The van der Waals surface area contributed by atoms with E-state index in [-0.39, 0.29) is 11.5 Å². The Balaban J connectivity index is 2.24. The summed E-state index contributed by atoms with van der Waals surface area (Å²) in [6, 6.07) is 4.34. The monoisotopic (exact) mass is 220 g/mol. The molecule has 0 atom stereocenters. The number of aromatic hydroxyl groups is 2. The maximum Gasteiger partial charge on any atom is 0.209 e. The SMILES string of the molecule is Oc1ccc(/C=N\c2nccs2)c(O)c1. The first kappa shape index (κ1) is 9.67. The molecule has 15 heavy (non-hydrogen) atoms. The molecule has 0 unspecified atom stereocenters. The van der Waals surface area contributed by atoms with Gasteiger partial charge >= 0.3 is 0 Å². The maximum absolute atomic E-state index is 9.45. The van der Waals surface area contributed by atoms with Gasteiger partial charge < -0.3 is 10.2 Å². The van der Waals surface area contributed by atoms with Crippen LogP contribution in [-0.4, -0.2) is 21.4 Å². The van der Waals surface area contributed by atoms with E-state index in [1.165, 1.54) is 29.7 Å². The molecule has 1 aromatic carbocycles. The quantitative estimate of drug-likeness (QED) is 0.763. The van der Waals surface area contributed by atoms with Crippen molar-refractivity contribution < 1.29 is 10.2 Å². The molecule has 0 bridgehead atoms. The molecule has 5 heteroatoms. The summed E-state index contributed by atoms with van der Waals surface area (Å²) in [5, 5.41) is 21.0. The third-order valence-corrected chi connectivity index (χ3v) is 2.43. The van der Waals surface area contributed by atoms with E-state index >= 15 is 0 Å². The fourth-order valence-corrected chi connectivity index (χ4v) is 1.52. The van der Waals surface area contributed by atoms with E-state index in [0.717, 1.165) is 0 Å². The minimum Gasteiger partial charge on any atom is -0.508 e. The van der Waals surface area contributed by atoms with Crippen LogP contribution in [0, 0.1) is 0 Å². The predicted molar refractivity (Wildman–Crippen MR) is 59.1 cm³/mol. The van der Waals surface area contributed by atoms with Crippen molar-refractivity contribution in [2.45, 2.75) is 0 Å². The summed E-state index contributed by atoms with van der Waals surface area (Å²) >= 11 is 1.41. The van der Waals surface area contributed by atoms with Crippen LogP contribution in [0.25, 0.3) is 0 Å². The van der Waals surface area contributed by atoms with Crippen LogP contribution in [0.4, 0.5) is 5.13 Å². The zero-order valence-electron chi connectivity index (χ0n) is 7.66. The maximum atomic E-state index is 9.45. The minimum absolute atomic E-state index is 0.00435. The van der Waals surface area contributed by atoms with Gasteiger partial charge in [-0.1, -0.05) is 0 Å². The van der Waals surface area contributed by atoms with Gasteiger partial charge in [-0.3, -0.25) is 0 Å². The standard InChI is InChI=1S/C10H8N2O2S/c13-8-2-1-7(9(14)5-8)6-12-10-11-3-4-15-10/h1-6,13-14H/b12-6-. The van der Waals surface area contributed by atoms with Gasteiger partial charge in [0.05, 0.1) is 0 Å². The Hall–Kier alpha value is -1.88. The van der Waals surface area contributed by atoms with Crippen LogP contribution in [0.15, 0.2) is 34.8 Å². The van der Waals surface area contributed by atoms with Crippen LogP contribution >= 0.6 is 11.3 Å². The van der Waals surface area contributed by atoms with E-state index in [1.54, 1.807) is 12.3 Å². The molecule has 1 aromatic heterocycles. The molecule has 76 valence electrons. The average molecular weight is 220 g/mol. The van der Waals surface area contributed by atoms with Crippen LogP contribution in [0.2, 0.25) is 0 Å². The smallest absolute Gasteiger partial charge is 0.209 e. The summed E-state index contributed by atoms with van der Waals surface area (Å²) in [6.07, 6.45) is 3.17. The highest BCUT2D eigenvalue weighted by atomic mass is 32.1. The van der Waals surface area contributed by atoms with E-state index in [4.69, 9.17) is 5.11 Å². The van der Waals surface area contributed by atoms with E-state index in [1.807, 2.05) is 5.38 Å².